The summed E-state index contributed by atoms with van der Waals surface area (Å²) in [7, 11) is -4.77. The van der Waals surface area contributed by atoms with Crippen molar-refractivity contribution in [3.63, 3.8) is 0 Å². The first kappa shape index (κ1) is 24.8. The van der Waals surface area contributed by atoms with Crippen molar-refractivity contribution in [3.05, 3.63) is 0 Å². The quantitative estimate of drug-likeness (QED) is 0.350. The van der Waals surface area contributed by atoms with Crippen LogP contribution in [0.2, 0.25) is 0 Å². The van der Waals surface area contributed by atoms with Gasteiger partial charge in [-0.25, -0.2) is 8.42 Å². The van der Waals surface area contributed by atoms with Gasteiger partial charge in [-0.1, -0.05) is 13.8 Å². The zero-order chi connectivity index (χ0) is 24.4. The maximum atomic E-state index is 13.6. The van der Waals surface area contributed by atoms with E-state index in [1.165, 1.54) is 6.92 Å². The first-order valence-corrected chi connectivity index (χ1v) is 13.1. The number of rotatable bonds is 5. The number of carbonyl (C=O) groups is 3. The number of Topliss-reactive ketones (excluding diaryl/α,β-unsaturated/α-hetero) is 2. The summed E-state index contributed by atoms with van der Waals surface area (Å²) in [5.74, 6) is -1.27. The number of aliphatic hydroxyl groups is 1. The Hall–Kier alpha value is -1.36. The lowest BCUT2D eigenvalue weighted by Gasteiger charge is -2.60. The number of hydrogen-bond acceptors (Lipinski definition) is 9. The van der Waals surface area contributed by atoms with Crippen LogP contribution in [0.4, 0.5) is 0 Å². The number of carbonyl (C=O) groups excluding carboxylic acids is 3. The molecule has 9 nitrogen and oxygen atoms in total. The van der Waals surface area contributed by atoms with Crippen LogP contribution >= 0.6 is 0 Å². The highest BCUT2D eigenvalue weighted by atomic mass is 32.3. The van der Waals surface area contributed by atoms with Crippen molar-refractivity contribution in [2.45, 2.75) is 83.8 Å². The van der Waals surface area contributed by atoms with Gasteiger partial charge in [0.2, 0.25) is 16.2 Å². The normalized spacial score (nSPS) is 45.0. The van der Waals surface area contributed by atoms with E-state index in [1.54, 1.807) is 0 Å². The predicted molar refractivity (Wildman–Crippen MR) is 113 cm³/mol. The number of ketones is 2. The van der Waals surface area contributed by atoms with Crippen molar-refractivity contribution in [3.8, 4) is 0 Å². The first-order valence-electron chi connectivity index (χ1n) is 11.8. The van der Waals surface area contributed by atoms with Gasteiger partial charge in [-0.3, -0.25) is 18.6 Å². The van der Waals surface area contributed by atoms with Crippen molar-refractivity contribution in [1.82, 2.24) is 0 Å². The van der Waals surface area contributed by atoms with Crippen LogP contribution in [0.3, 0.4) is 0 Å². The Kier molecular flexibility index (Phi) is 6.08. The highest BCUT2D eigenvalue weighted by molar-refractivity contribution is 7.80. The van der Waals surface area contributed by atoms with Crippen LogP contribution in [0.15, 0.2) is 0 Å². The summed E-state index contributed by atoms with van der Waals surface area (Å²) in [5.41, 5.74) is -2.96. The molecule has 0 aromatic heterocycles. The van der Waals surface area contributed by atoms with E-state index in [0.717, 1.165) is 12.8 Å². The largest absolute Gasteiger partial charge is 0.726 e. The number of fused-ring (bicyclic) bond motifs is 5. The third-order valence-corrected chi connectivity index (χ3v) is 10.1. The van der Waals surface area contributed by atoms with E-state index in [2.05, 4.69) is 6.92 Å². The van der Waals surface area contributed by atoms with Crippen LogP contribution in [-0.4, -0.2) is 53.9 Å². The van der Waals surface area contributed by atoms with E-state index in [1.807, 2.05) is 6.92 Å². The van der Waals surface area contributed by atoms with E-state index in [4.69, 9.17) is 8.92 Å². The Balaban J connectivity index is 1.57. The van der Waals surface area contributed by atoms with Gasteiger partial charge in [0.15, 0.2) is 6.61 Å². The third kappa shape index (κ3) is 3.96. The molecule has 0 heterocycles. The monoisotopic (exact) mass is 485 g/mol. The molecule has 0 amide bonds. The summed E-state index contributed by atoms with van der Waals surface area (Å²) in [6.07, 6.45) is 3.22. The van der Waals surface area contributed by atoms with Gasteiger partial charge < -0.3 is 14.4 Å². The van der Waals surface area contributed by atoms with Gasteiger partial charge in [0.25, 0.3) is 0 Å². The molecule has 10 heteroatoms. The van der Waals surface area contributed by atoms with Crippen LogP contribution in [0.5, 0.6) is 0 Å². The van der Waals surface area contributed by atoms with E-state index < -0.39 is 45.9 Å². The van der Waals surface area contributed by atoms with E-state index >= 15 is 0 Å². The molecule has 0 aliphatic heterocycles. The molecule has 0 aromatic rings. The van der Waals surface area contributed by atoms with Crippen LogP contribution in [0.25, 0.3) is 0 Å². The van der Waals surface area contributed by atoms with Crippen LogP contribution in [-0.2, 0) is 33.7 Å². The average molecular weight is 486 g/mol. The molecule has 0 aromatic carbocycles. The zero-order valence-corrected chi connectivity index (χ0v) is 20.2. The zero-order valence-electron chi connectivity index (χ0n) is 19.4. The third-order valence-electron chi connectivity index (χ3n) is 9.58. The second-order valence-electron chi connectivity index (χ2n) is 11.1. The molecule has 0 saturated heterocycles. The van der Waals surface area contributed by atoms with Crippen molar-refractivity contribution in [2.75, 3.05) is 6.61 Å². The molecule has 0 spiro atoms. The summed E-state index contributed by atoms with van der Waals surface area (Å²) < 4.78 is 42.8. The molecule has 4 rings (SSSR count). The minimum Gasteiger partial charge on any atom is -0.726 e. The Morgan fingerprint density at radius 1 is 1.15 bits per heavy atom. The Bertz CT molecular complexity index is 961. The molecule has 4 aliphatic carbocycles. The highest BCUT2D eigenvalue weighted by Crippen LogP contribution is 2.67. The number of esters is 1. The highest BCUT2D eigenvalue weighted by Gasteiger charge is 2.69. The first-order chi connectivity index (χ1) is 15.2. The van der Waals surface area contributed by atoms with Crippen molar-refractivity contribution >= 4 is 27.9 Å². The standard InChI is InChI=1S/C23H34O9S/c1-13(24)31-12-19(26)23(27)9-7-17-16-5-4-14-10-15(32-33(28,29)30)6-8-21(14,2)20(16)18(25)11-22(17,23)3/h14-17,20,27H,4-12H2,1-3H3,(H,28,29,30)/p-1. The van der Waals surface area contributed by atoms with E-state index in [-0.39, 0.29) is 47.7 Å². The van der Waals surface area contributed by atoms with Gasteiger partial charge in [0.1, 0.15) is 11.4 Å². The maximum Gasteiger partial charge on any atom is 0.303 e. The predicted octanol–water partition coefficient (Wildman–Crippen LogP) is 1.92. The molecule has 4 fully saturated rings. The Morgan fingerprint density at radius 3 is 2.48 bits per heavy atom. The van der Waals surface area contributed by atoms with Crippen LogP contribution in [0, 0.1) is 34.5 Å². The lowest BCUT2D eigenvalue weighted by atomic mass is 9.44. The van der Waals surface area contributed by atoms with Crippen molar-refractivity contribution < 1.29 is 41.4 Å². The van der Waals surface area contributed by atoms with E-state index in [9.17, 15) is 32.5 Å². The fraction of sp³-hybridized carbons (Fsp3) is 0.870. The molecule has 0 bridgehead atoms. The maximum absolute atomic E-state index is 13.6. The number of ether oxygens (including phenoxy) is 1. The molecular formula is C23H33O9S-. The molecule has 8 atom stereocenters. The van der Waals surface area contributed by atoms with Crippen LogP contribution in [0.1, 0.15) is 72.1 Å². The second-order valence-corrected chi connectivity index (χ2v) is 12.1. The molecule has 1 N–H and O–H groups in total. The molecule has 8 unspecified atom stereocenters. The minimum absolute atomic E-state index is 0.0137. The Morgan fingerprint density at radius 2 is 1.85 bits per heavy atom. The summed E-state index contributed by atoms with van der Waals surface area (Å²) in [6, 6.07) is 0. The van der Waals surface area contributed by atoms with Gasteiger partial charge in [0, 0.05) is 24.7 Å². The summed E-state index contributed by atoms with van der Waals surface area (Å²) in [6.45, 7) is 4.61. The molecule has 33 heavy (non-hydrogen) atoms. The fourth-order valence-corrected chi connectivity index (χ4v) is 8.54. The lowest BCUT2D eigenvalue weighted by molar-refractivity contribution is -0.181. The molecule has 4 aliphatic rings. The molecule has 4 saturated carbocycles. The smallest absolute Gasteiger partial charge is 0.303 e. The SMILES string of the molecule is CC(=O)OCC(=O)C1(O)CCC2C3CCC4CC(OS(=O)(=O)[O-])CCC4(C)C3C(=O)CC21C. The molecular weight excluding hydrogens is 452 g/mol. The van der Waals surface area contributed by atoms with Crippen LogP contribution < -0.4 is 0 Å². The number of hydrogen-bond donors (Lipinski definition) is 1. The van der Waals surface area contributed by atoms with Gasteiger partial charge in [-0.05, 0) is 68.1 Å². The van der Waals surface area contributed by atoms with Gasteiger partial charge in [-0.15, -0.1) is 0 Å². The summed E-state index contributed by atoms with van der Waals surface area (Å²) >= 11 is 0. The van der Waals surface area contributed by atoms with Gasteiger partial charge in [0.05, 0.1) is 6.10 Å². The van der Waals surface area contributed by atoms with Crippen molar-refractivity contribution in [1.29, 1.82) is 0 Å². The van der Waals surface area contributed by atoms with E-state index in [0.29, 0.717) is 25.7 Å². The minimum atomic E-state index is -4.77. The lowest BCUT2D eigenvalue weighted by Crippen LogP contribution is -2.62. The topological polar surface area (TPSA) is 147 Å². The summed E-state index contributed by atoms with van der Waals surface area (Å²) in [4.78, 5) is 37.7. The van der Waals surface area contributed by atoms with Gasteiger partial charge >= 0.3 is 5.97 Å². The fourth-order valence-electron chi connectivity index (χ4n) is 8.04. The molecule has 0 radical (unpaired) electrons. The second kappa shape index (κ2) is 8.10. The van der Waals surface area contributed by atoms with Gasteiger partial charge in [-0.2, -0.15) is 0 Å². The summed E-state index contributed by atoms with van der Waals surface area (Å²) in [5, 5.41) is 11.5. The molecule has 186 valence electrons. The Labute approximate surface area is 194 Å². The van der Waals surface area contributed by atoms with Crippen molar-refractivity contribution in [2.24, 2.45) is 34.5 Å². The average Bonchev–Trinajstić information content (AvgIpc) is 2.96.